The van der Waals surface area contributed by atoms with Gasteiger partial charge in [0.25, 0.3) is 5.91 Å². The van der Waals surface area contributed by atoms with E-state index in [1.54, 1.807) is 26.2 Å². The number of anilines is 1. The molecule has 0 bridgehead atoms. The van der Waals surface area contributed by atoms with Crippen molar-refractivity contribution in [1.82, 2.24) is 19.7 Å². The highest BCUT2D eigenvalue weighted by Crippen LogP contribution is 2.34. The second-order valence-electron chi connectivity index (χ2n) is 8.54. The molecule has 35 heavy (non-hydrogen) atoms. The lowest BCUT2D eigenvalue weighted by atomic mass is 9.96. The van der Waals surface area contributed by atoms with Crippen LogP contribution in [-0.2, 0) is 11.8 Å². The van der Waals surface area contributed by atoms with Gasteiger partial charge in [-0.2, -0.15) is 5.10 Å². The third-order valence-corrected chi connectivity index (χ3v) is 6.44. The number of aromatic nitrogens is 3. The number of aryl methyl sites for hydroxylation is 1. The number of benzene rings is 3. The molecule has 1 atom stereocenters. The number of amides is 2. The molecule has 1 unspecified atom stereocenters. The highest BCUT2D eigenvalue weighted by atomic mass is 16.2. The van der Waals surface area contributed by atoms with Crippen LogP contribution < -0.4 is 15.9 Å². The lowest BCUT2D eigenvalue weighted by Gasteiger charge is -2.18. The van der Waals surface area contributed by atoms with Crippen LogP contribution in [0.2, 0.25) is 0 Å². The first-order chi connectivity index (χ1) is 17.0. The van der Waals surface area contributed by atoms with Gasteiger partial charge in [-0.05, 0) is 59.5 Å². The lowest BCUT2D eigenvalue weighted by Crippen LogP contribution is -2.26. The zero-order valence-corrected chi connectivity index (χ0v) is 19.5. The Hall–Kier alpha value is -4.46. The zero-order valence-electron chi connectivity index (χ0n) is 19.5. The molecule has 0 spiro atoms. The SMILES string of the molecule is CNC(=O)c1cccc(C2CCN(c3cccc(-c4ccc(-n5cnn(C)c5=O)cc4)c3)C2=O)c1. The van der Waals surface area contributed by atoms with Gasteiger partial charge in [-0.1, -0.05) is 36.4 Å². The maximum Gasteiger partial charge on any atom is 0.350 e. The zero-order chi connectivity index (χ0) is 24.5. The Balaban J connectivity index is 1.38. The number of hydrogen-bond acceptors (Lipinski definition) is 4. The predicted octanol–water partition coefficient (Wildman–Crippen LogP) is 3.12. The quantitative estimate of drug-likeness (QED) is 0.488. The standard InChI is InChI=1S/C27H25N5O3/c1-28-25(33)21-7-3-6-20(15-21)24-13-14-31(26(24)34)23-8-4-5-19(16-23)18-9-11-22(12-10-18)32-17-29-30(2)27(32)35/h3-12,15-17,24H,13-14H2,1-2H3,(H,28,33). The monoisotopic (exact) mass is 467 g/mol. The predicted molar refractivity (Wildman–Crippen MR) is 134 cm³/mol. The highest BCUT2D eigenvalue weighted by molar-refractivity contribution is 6.01. The molecule has 8 heteroatoms. The van der Waals surface area contributed by atoms with Gasteiger partial charge in [-0.3, -0.25) is 9.59 Å². The van der Waals surface area contributed by atoms with Gasteiger partial charge in [0.1, 0.15) is 6.33 Å². The van der Waals surface area contributed by atoms with Crippen molar-refractivity contribution >= 4 is 17.5 Å². The Kier molecular flexibility index (Phi) is 5.78. The maximum absolute atomic E-state index is 13.3. The molecule has 0 aliphatic carbocycles. The van der Waals surface area contributed by atoms with Gasteiger partial charge in [0.2, 0.25) is 5.91 Å². The minimum atomic E-state index is -0.277. The normalized spacial score (nSPS) is 15.4. The molecular weight excluding hydrogens is 442 g/mol. The number of carbonyl (C=O) groups excluding carboxylic acids is 2. The summed E-state index contributed by atoms with van der Waals surface area (Å²) in [5.74, 6) is -0.413. The van der Waals surface area contributed by atoms with E-state index >= 15 is 0 Å². The summed E-state index contributed by atoms with van der Waals surface area (Å²) in [7, 11) is 3.21. The number of rotatable bonds is 5. The Morgan fingerprint density at radius 1 is 0.943 bits per heavy atom. The second kappa shape index (κ2) is 9.06. The second-order valence-corrected chi connectivity index (χ2v) is 8.54. The molecule has 1 aliphatic rings. The largest absolute Gasteiger partial charge is 0.355 e. The van der Waals surface area contributed by atoms with Crippen LogP contribution in [0.4, 0.5) is 5.69 Å². The van der Waals surface area contributed by atoms with Crippen LogP contribution in [0.1, 0.15) is 28.3 Å². The van der Waals surface area contributed by atoms with E-state index < -0.39 is 0 Å². The molecule has 1 saturated heterocycles. The van der Waals surface area contributed by atoms with Crippen LogP contribution in [0.25, 0.3) is 16.8 Å². The van der Waals surface area contributed by atoms with Crippen molar-refractivity contribution in [1.29, 1.82) is 0 Å². The molecule has 2 amide bonds. The average Bonchev–Trinajstić information content (AvgIpc) is 3.45. The van der Waals surface area contributed by atoms with Gasteiger partial charge in [0, 0.05) is 31.9 Å². The maximum atomic E-state index is 13.3. The molecule has 3 aromatic carbocycles. The minimum Gasteiger partial charge on any atom is -0.355 e. The Morgan fingerprint density at radius 3 is 2.43 bits per heavy atom. The third kappa shape index (κ3) is 4.14. The molecular formula is C27H25N5O3. The molecule has 2 heterocycles. The van der Waals surface area contributed by atoms with Gasteiger partial charge in [0.15, 0.2) is 0 Å². The number of carbonyl (C=O) groups is 2. The average molecular weight is 468 g/mol. The summed E-state index contributed by atoms with van der Waals surface area (Å²) in [6, 6.07) is 22.8. The first kappa shape index (κ1) is 22.3. The summed E-state index contributed by atoms with van der Waals surface area (Å²) in [4.78, 5) is 39.3. The molecule has 0 radical (unpaired) electrons. The number of nitrogens with one attached hydrogen (secondary N) is 1. The van der Waals surface area contributed by atoms with Crippen LogP contribution in [0.3, 0.4) is 0 Å². The van der Waals surface area contributed by atoms with Crippen LogP contribution in [-0.4, -0.2) is 39.8 Å². The van der Waals surface area contributed by atoms with Gasteiger partial charge < -0.3 is 10.2 Å². The first-order valence-electron chi connectivity index (χ1n) is 11.4. The van der Waals surface area contributed by atoms with E-state index in [0.717, 1.165) is 28.1 Å². The van der Waals surface area contributed by atoms with Gasteiger partial charge in [0.05, 0.1) is 11.6 Å². The van der Waals surface area contributed by atoms with E-state index in [1.165, 1.54) is 15.6 Å². The Labute approximate surface area is 202 Å². The lowest BCUT2D eigenvalue weighted by molar-refractivity contribution is -0.118. The van der Waals surface area contributed by atoms with Gasteiger partial charge in [-0.25, -0.2) is 14.0 Å². The van der Waals surface area contributed by atoms with E-state index in [4.69, 9.17) is 0 Å². The van der Waals surface area contributed by atoms with Crippen molar-refractivity contribution in [3.63, 3.8) is 0 Å². The number of hydrogen-bond donors (Lipinski definition) is 1. The molecule has 1 fully saturated rings. The molecule has 8 nitrogen and oxygen atoms in total. The summed E-state index contributed by atoms with van der Waals surface area (Å²) in [6.07, 6.45) is 2.19. The molecule has 1 aromatic heterocycles. The van der Waals surface area contributed by atoms with Crippen molar-refractivity contribution in [2.24, 2.45) is 7.05 Å². The third-order valence-electron chi connectivity index (χ3n) is 6.44. The van der Waals surface area contributed by atoms with Crippen LogP contribution >= 0.6 is 0 Å². The smallest absolute Gasteiger partial charge is 0.350 e. The van der Waals surface area contributed by atoms with Crippen LogP contribution in [0, 0.1) is 0 Å². The summed E-state index contributed by atoms with van der Waals surface area (Å²) in [6.45, 7) is 0.611. The summed E-state index contributed by atoms with van der Waals surface area (Å²) >= 11 is 0. The molecule has 0 saturated carbocycles. The van der Waals surface area contributed by atoms with E-state index in [-0.39, 0.29) is 23.4 Å². The van der Waals surface area contributed by atoms with Crippen molar-refractivity contribution < 1.29 is 9.59 Å². The fourth-order valence-corrected chi connectivity index (χ4v) is 4.52. The molecule has 4 aromatic rings. The minimum absolute atomic E-state index is 0.0301. The molecule has 1 N–H and O–H groups in total. The van der Waals surface area contributed by atoms with Gasteiger partial charge in [-0.15, -0.1) is 0 Å². The first-order valence-corrected chi connectivity index (χ1v) is 11.4. The van der Waals surface area contributed by atoms with E-state index in [9.17, 15) is 14.4 Å². The molecule has 1 aliphatic heterocycles. The summed E-state index contributed by atoms with van der Waals surface area (Å²) in [5.41, 5.74) is 4.73. The van der Waals surface area contributed by atoms with Crippen molar-refractivity contribution in [2.45, 2.75) is 12.3 Å². The fraction of sp³-hybridized carbons (Fsp3) is 0.185. The Bertz CT molecular complexity index is 1470. The van der Waals surface area contributed by atoms with Crippen LogP contribution in [0.5, 0.6) is 0 Å². The van der Waals surface area contributed by atoms with E-state index in [1.807, 2.05) is 65.6 Å². The van der Waals surface area contributed by atoms with E-state index in [2.05, 4.69) is 10.4 Å². The molecule has 5 rings (SSSR count). The summed E-state index contributed by atoms with van der Waals surface area (Å²) < 4.78 is 2.77. The number of nitrogens with zero attached hydrogens (tertiary/aromatic N) is 4. The summed E-state index contributed by atoms with van der Waals surface area (Å²) in [5, 5.41) is 6.62. The van der Waals surface area contributed by atoms with E-state index in [0.29, 0.717) is 18.5 Å². The fourth-order valence-electron chi connectivity index (χ4n) is 4.52. The van der Waals surface area contributed by atoms with Gasteiger partial charge >= 0.3 is 5.69 Å². The van der Waals surface area contributed by atoms with Crippen molar-refractivity contribution in [3.05, 3.63) is 101 Å². The van der Waals surface area contributed by atoms with Crippen molar-refractivity contribution in [3.8, 4) is 16.8 Å². The topological polar surface area (TPSA) is 89.2 Å². The van der Waals surface area contributed by atoms with Crippen molar-refractivity contribution in [2.75, 3.05) is 18.5 Å². The highest BCUT2D eigenvalue weighted by Gasteiger charge is 2.34. The Morgan fingerprint density at radius 2 is 1.71 bits per heavy atom. The molecule has 176 valence electrons. The van der Waals surface area contributed by atoms with Crippen LogP contribution in [0.15, 0.2) is 83.9 Å².